The number of nitrogens with one attached hydrogen (secondary N) is 1. The lowest BCUT2D eigenvalue weighted by Crippen LogP contribution is -2.47. The van der Waals surface area contributed by atoms with Crippen molar-refractivity contribution in [2.45, 2.75) is 25.0 Å². The van der Waals surface area contributed by atoms with Gasteiger partial charge in [-0.3, -0.25) is 4.79 Å². The SMILES string of the molecule is CN1CC(NCC(O)c2ccc(F)cc2)CCC1=O. The van der Waals surface area contributed by atoms with Gasteiger partial charge in [0.25, 0.3) is 0 Å². The van der Waals surface area contributed by atoms with E-state index < -0.39 is 6.10 Å². The highest BCUT2D eigenvalue weighted by Crippen LogP contribution is 2.14. The molecule has 1 aromatic carbocycles. The number of benzene rings is 1. The number of nitrogens with zero attached hydrogens (tertiary/aromatic N) is 1. The van der Waals surface area contributed by atoms with E-state index in [-0.39, 0.29) is 17.8 Å². The van der Waals surface area contributed by atoms with Gasteiger partial charge in [0, 0.05) is 32.6 Å². The van der Waals surface area contributed by atoms with Crippen LogP contribution >= 0.6 is 0 Å². The zero-order valence-corrected chi connectivity index (χ0v) is 11.0. The van der Waals surface area contributed by atoms with Crippen molar-refractivity contribution in [3.8, 4) is 0 Å². The third-order valence-electron chi connectivity index (χ3n) is 3.48. The Morgan fingerprint density at radius 3 is 2.79 bits per heavy atom. The number of carbonyl (C=O) groups excluding carboxylic acids is 1. The van der Waals surface area contributed by atoms with E-state index in [1.165, 1.54) is 12.1 Å². The Labute approximate surface area is 112 Å². The molecule has 1 saturated heterocycles. The Morgan fingerprint density at radius 1 is 1.47 bits per heavy atom. The zero-order valence-electron chi connectivity index (χ0n) is 11.0. The predicted octanol–water partition coefficient (Wildman–Crippen LogP) is 1.07. The van der Waals surface area contributed by atoms with Gasteiger partial charge < -0.3 is 15.3 Å². The van der Waals surface area contributed by atoms with Crippen LogP contribution in [0.4, 0.5) is 4.39 Å². The van der Waals surface area contributed by atoms with Gasteiger partial charge in [-0.25, -0.2) is 4.39 Å². The molecule has 0 radical (unpaired) electrons. The maximum Gasteiger partial charge on any atom is 0.222 e. The third kappa shape index (κ3) is 3.75. The minimum absolute atomic E-state index is 0.164. The fourth-order valence-corrected chi connectivity index (χ4v) is 2.26. The van der Waals surface area contributed by atoms with Crippen molar-refractivity contribution < 1.29 is 14.3 Å². The molecule has 1 aromatic rings. The molecule has 0 aromatic heterocycles. The predicted molar refractivity (Wildman–Crippen MR) is 70.0 cm³/mol. The Balaban J connectivity index is 1.82. The molecular formula is C14H19FN2O2. The summed E-state index contributed by atoms with van der Waals surface area (Å²) >= 11 is 0. The topological polar surface area (TPSA) is 52.6 Å². The second-order valence-corrected chi connectivity index (χ2v) is 4.99. The van der Waals surface area contributed by atoms with Crippen LogP contribution in [0.2, 0.25) is 0 Å². The molecule has 0 saturated carbocycles. The van der Waals surface area contributed by atoms with E-state index in [9.17, 15) is 14.3 Å². The number of aliphatic hydroxyl groups is 1. The highest BCUT2D eigenvalue weighted by atomic mass is 19.1. The summed E-state index contributed by atoms with van der Waals surface area (Å²) in [6, 6.07) is 6.05. The van der Waals surface area contributed by atoms with E-state index in [4.69, 9.17) is 0 Å². The van der Waals surface area contributed by atoms with Crippen molar-refractivity contribution >= 4 is 5.91 Å². The summed E-state index contributed by atoms with van der Waals surface area (Å²) in [4.78, 5) is 13.0. The average molecular weight is 266 g/mol. The summed E-state index contributed by atoms with van der Waals surface area (Å²) in [5, 5.41) is 13.2. The maximum atomic E-state index is 12.8. The monoisotopic (exact) mass is 266 g/mol. The van der Waals surface area contributed by atoms with Crippen LogP contribution in [-0.2, 0) is 4.79 Å². The molecule has 1 aliphatic rings. The summed E-state index contributed by atoms with van der Waals surface area (Å²) in [6.07, 6.45) is 0.670. The Morgan fingerprint density at radius 2 is 2.16 bits per heavy atom. The molecule has 1 aliphatic heterocycles. The molecule has 2 atom stereocenters. The Bertz CT molecular complexity index is 436. The van der Waals surface area contributed by atoms with Crippen molar-refractivity contribution in [3.63, 3.8) is 0 Å². The van der Waals surface area contributed by atoms with Crippen LogP contribution in [0.3, 0.4) is 0 Å². The Kier molecular flexibility index (Phi) is 4.50. The van der Waals surface area contributed by atoms with Crippen LogP contribution < -0.4 is 5.32 Å². The Hall–Kier alpha value is -1.46. The van der Waals surface area contributed by atoms with Gasteiger partial charge in [0.1, 0.15) is 5.82 Å². The van der Waals surface area contributed by atoms with E-state index in [1.54, 1.807) is 24.1 Å². The highest BCUT2D eigenvalue weighted by molar-refractivity contribution is 5.76. The van der Waals surface area contributed by atoms with E-state index >= 15 is 0 Å². The van der Waals surface area contributed by atoms with Gasteiger partial charge in [-0.1, -0.05) is 12.1 Å². The molecule has 2 N–H and O–H groups in total. The lowest BCUT2D eigenvalue weighted by molar-refractivity contribution is -0.132. The normalized spacial score (nSPS) is 21.5. The minimum Gasteiger partial charge on any atom is -0.387 e. The largest absolute Gasteiger partial charge is 0.387 e. The molecule has 2 unspecified atom stereocenters. The van der Waals surface area contributed by atoms with Crippen LogP contribution in [0.5, 0.6) is 0 Å². The molecule has 2 rings (SSSR count). The summed E-state index contributed by atoms with van der Waals surface area (Å²) in [6.45, 7) is 1.06. The molecule has 1 amide bonds. The quantitative estimate of drug-likeness (QED) is 0.857. The summed E-state index contributed by atoms with van der Waals surface area (Å²) in [5.74, 6) is -0.145. The maximum absolute atomic E-state index is 12.8. The van der Waals surface area contributed by atoms with Gasteiger partial charge in [-0.2, -0.15) is 0 Å². The van der Waals surface area contributed by atoms with Gasteiger partial charge in [-0.05, 0) is 24.1 Å². The molecule has 104 valence electrons. The number of likely N-dealkylation sites (N-methyl/N-ethyl adjacent to an activating group) is 1. The van der Waals surface area contributed by atoms with Gasteiger partial charge in [0.15, 0.2) is 0 Å². The molecule has 19 heavy (non-hydrogen) atoms. The van der Waals surface area contributed by atoms with E-state index in [0.29, 0.717) is 25.1 Å². The number of hydrogen-bond donors (Lipinski definition) is 2. The van der Waals surface area contributed by atoms with Crippen LogP contribution in [0.1, 0.15) is 24.5 Å². The number of hydrogen-bond acceptors (Lipinski definition) is 3. The number of likely N-dealkylation sites (tertiary alicyclic amines) is 1. The van der Waals surface area contributed by atoms with E-state index in [0.717, 1.165) is 6.42 Å². The first-order valence-corrected chi connectivity index (χ1v) is 6.47. The number of rotatable bonds is 4. The summed E-state index contributed by atoms with van der Waals surface area (Å²) in [7, 11) is 1.78. The summed E-state index contributed by atoms with van der Waals surface area (Å²) < 4.78 is 12.8. The molecule has 5 heteroatoms. The zero-order chi connectivity index (χ0) is 13.8. The van der Waals surface area contributed by atoms with E-state index in [2.05, 4.69) is 5.32 Å². The van der Waals surface area contributed by atoms with Crippen LogP contribution in [-0.4, -0.2) is 42.1 Å². The van der Waals surface area contributed by atoms with E-state index in [1.807, 2.05) is 0 Å². The number of halogens is 1. The highest BCUT2D eigenvalue weighted by Gasteiger charge is 2.22. The molecule has 1 fully saturated rings. The molecule has 0 bridgehead atoms. The second kappa shape index (κ2) is 6.12. The van der Waals surface area contributed by atoms with Crippen LogP contribution in [0.25, 0.3) is 0 Å². The van der Waals surface area contributed by atoms with Crippen molar-refractivity contribution in [2.75, 3.05) is 20.1 Å². The lowest BCUT2D eigenvalue weighted by Gasteiger charge is -2.30. The lowest BCUT2D eigenvalue weighted by atomic mass is 10.0. The number of amides is 1. The summed E-state index contributed by atoms with van der Waals surface area (Å²) in [5.41, 5.74) is 0.689. The fraction of sp³-hybridized carbons (Fsp3) is 0.500. The smallest absolute Gasteiger partial charge is 0.222 e. The van der Waals surface area contributed by atoms with Crippen molar-refractivity contribution in [1.29, 1.82) is 0 Å². The molecule has 0 spiro atoms. The molecule has 1 heterocycles. The average Bonchev–Trinajstić information content (AvgIpc) is 2.40. The molecule has 4 nitrogen and oxygen atoms in total. The number of piperidine rings is 1. The van der Waals surface area contributed by atoms with Crippen LogP contribution in [0.15, 0.2) is 24.3 Å². The van der Waals surface area contributed by atoms with Crippen molar-refractivity contribution in [2.24, 2.45) is 0 Å². The van der Waals surface area contributed by atoms with Crippen LogP contribution in [0, 0.1) is 5.82 Å². The molecule has 0 aliphatic carbocycles. The second-order valence-electron chi connectivity index (χ2n) is 4.99. The minimum atomic E-state index is -0.663. The molecular weight excluding hydrogens is 247 g/mol. The first-order valence-electron chi connectivity index (χ1n) is 6.47. The third-order valence-corrected chi connectivity index (χ3v) is 3.48. The standard InChI is InChI=1S/C14H19FN2O2/c1-17-9-12(6-7-14(17)19)16-8-13(18)10-2-4-11(15)5-3-10/h2-5,12-13,16,18H,6-9H2,1H3. The number of carbonyl (C=O) groups is 1. The van der Waals surface area contributed by atoms with Gasteiger partial charge in [0.05, 0.1) is 6.10 Å². The first kappa shape index (κ1) is 14.0. The number of aliphatic hydroxyl groups excluding tert-OH is 1. The van der Waals surface area contributed by atoms with Crippen molar-refractivity contribution in [1.82, 2.24) is 10.2 Å². The van der Waals surface area contributed by atoms with Gasteiger partial charge >= 0.3 is 0 Å². The fourth-order valence-electron chi connectivity index (χ4n) is 2.26. The van der Waals surface area contributed by atoms with Crippen molar-refractivity contribution in [3.05, 3.63) is 35.6 Å². The van der Waals surface area contributed by atoms with Gasteiger partial charge in [-0.15, -0.1) is 0 Å². The first-order chi connectivity index (χ1) is 9.06. The van der Waals surface area contributed by atoms with Gasteiger partial charge in [0.2, 0.25) is 5.91 Å².